The third-order valence-electron chi connectivity index (χ3n) is 5.90. The molecule has 0 aromatic heterocycles. The number of nitrogens with one attached hydrogen (secondary N) is 1. The SMILES string of the molecule is CNC(=O)[C@@H](C)N(Cc1cccc(Cl)c1)C(=O)CN(c1ccc(C)cc1)S(=O)(=O)c1ccc(SC)cc1. The van der Waals surface area contributed by atoms with Crippen LogP contribution in [0.1, 0.15) is 18.1 Å². The number of benzene rings is 3. The zero-order valence-corrected chi connectivity index (χ0v) is 23.5. The standard InChI is InChI=1S/C27H30ClN3O4S2/c1-19-8-10-23(11-9-19)31(37(34,35)25-14-12-24(36-4)13-15-25)18-26(32)30(20(2)27(33)29-3)17-21-6-5-7-22(28)16-21/h5-16,20H,17-18H2,1-4H3,(H,29,33)/t20-/m1/s1. The fourth-order valence-electron chi connectivity index (χ4n) is 3.74. The number of rotatable bonds is 10. The van der Waals surface area contributed by atoms with Crippen LogP contribution in [0, 0.1) is 6.92 Å². The fraction of sp³-hybridized carbons (Fsp3) is 0.259. The molecule has 0 saturated carbocycles. The lowest BCUT2D eigenvalue weighted by molar-refractivity contribution is -0.139. The zero-order valence-electron chi connectivity index (χ0n) is 21.1. The lowest BCUT2D eigenvalue weighted by Crippen LogP contribution is -2.50. The van der Waals surface area contributed by atoms with Crippen molar-refractivity contribution < 1.29 is 18.0 Å². The van der Waals surface area contributed by atoms with Crippen LogP contribution in [0.2, 0.25) is 5.02 Å². The first-order chi connectivity index (χ1) is 17.6. The van der Waals surface area contributed by atoms with Gasteiger partial charge in [0, 0.05) is 23.5 Å². The first-order valence-electron chi connectivity index (χ1n) is 11.6. The van der Waals surface area contributed by atoms with E-state index in [4.69, 9.17) is 11.6 Å². The average Bonchev–Trinajstić information content (AvgIpc) is 2.90. The third-order valence-corrected chi connectivity index (χ3v) is 8.67. The first kappa shape index (κ1) is 28.6. The number of aryl methyl sites for hydroxylation is 1. The Labute approximate surface area is 227 Å². The molecule has 37 heavy (non-hydrogen) atoms. The molecule has 0 aliphatic carbocycles. The molecule has 0 unspecified atom stereocenters. The summed E-state index contributed by atoms with van der Waals surface area (Å²) in [6, 6.07) is 19.6. The smallest absolute Gasteiger partial charge is 0.264 e. The van der Waals surface area contributed by atoms with E-state index in [1.807, 2.05) is 13.2 Å². The van der Waals surface area contributed by atoms with E-state index in [0.29, 0.717) is 16.3 Å². The number of likely N-dealkylation sites (N-methyl/N-ethyl adjacent to an activating group) is 1. The van der Waals surface area contributed by atoms with Crippen LogP contribution in [-0.2, 0) is 26.2 Å². The van der Waals surface area contributed by atoms with Crippen LogP contribution in [0.5, 0.6) is 0 Å². The van der Waals surface area contributed by atoms with E-state index >= 15 is 0 Å². The van der Waals surface area contributed by atoms with Crippen LogP contribution in [0.25, 0.3) is 0 Å². The van der Waals surface area contributed by atoms with Gasteiger partial charge in [-0.15, -0.1) is 11.8 Å². The van der Waals surface area contributed by atoms with Crippen molar-refractivity contribution in [1.29, 1.82) is 0 Å². The molecule has 0 radical (unpaired) electrons. The second kappa shape index (κ2) is 12.5. The van der Waals surface area contributed by atoms with Crippen molar-refractivity contribution in [3.63, 3.8) is 0 Å². The molecule has 3 aromatic rings. The molecule has 1 N–H and O–H groups in total. The van der Waals surface area contributed by atoms with Crippen LogP contribution in [0.15, 0.2) is 82.6 Å². The second-order valence-electron chi connectivity index (χ2n) is 8.46. The van der Waals surface area contributed by atoms with Gasteiger partial charge in [0.05, 0.1) is 10.6 Å². The lowest BCUT2D eigenvalue weighted by atomic mass is 10.1. The van der Waals surface area contributed by atoms with E-state index in [9.17, 15) is 18.0 Å². The molecule has 196 valence electrons. The van der Waals surface area contributed by atoms with E-state index in [0.717, 1.165) is 14.8 Å². The molecule has 0 fully saturated rings. The highest BCUT2D eigenvalue weighted by atomic mass is 35.5. The maximum Gasteiger partial charge on any atom is 0.264 e. The quantitative estimate of drug-likeness (QED) is 0.363. The number of anilines is 1. The minimum Gasteiger partial charge on any atom is -0.357 e. The van der Waals surface area contributed by atoms with Crippen molar-refractivity contribution in [2.75, 3.05) is 24.2 Å². The lowest BCUT2D eigenvalue weighted by Gasteiger charge is -2.31. The number of amides is 2. The molecule has 7 nitrogen and oxygen atoms in total. The summed E-state index contributed by atoms with van der Waals surface area (Å²) in [5.41, 5.74) is 2.02. The molecule has 0 heterocycles. The van der Waals surface area contributed by atoms with E-state index in [1.54, 1.807) is 67.6 Å². The van der Waals surface area contributed by atoms with Crippen molar-refractivity contribution in [3.05, 3.63) is 88.9 Å². The van der Waals surface area contributed by atoms with E-state index in [1.165, 1.54) is 35.8 Å². The van der Waals surface area contributed by atoms with E-state index in [2.05, 4.69) is 5.32 Å². The minimum atomic E-state index is -4.10. The van der Waals surface area contributed by atoms with Gasteiger partial charge in [-0.2, -0.15) is 0 Å². The van der Waals surface area contributed by atoms with Crippen LogP contribution in [-0.4, -0.2) is 51.0 Å². The summed E-state index contributed by atoms with van der Waals surface area (Å²) >= 11 is 7.63. The Balaban J connectivity index is 2.02. The van der Waals surface area contributed by atoms with Gasteiger partial charge >= 0.3 is 0 Å². The monoisotopic (exact) mass is 559 g/mol. The number of thioether (sulfide) groups is 1. The summed E-state index contributed by atoms with van der Waals surface area (Å²) in [7, 11) is -2.61. The van der Waals surface area contributed by atoms with Gasteiger partial charge in [0.15, 0.2) is 0 Å². The summed E-state index contributed by atoms with van der Waals surface area (Å²) in [6.45, 7) is 3.09. The van der Waals surface area contributed by atoms with Gasteiger partial charge in [-0.25, -0.2) is 8.42 Å². The molecule has 0 aliphatic heterocycles. The summed E-state index contributed by atoms with van der Waals surface area (Å²) in [4.78, 5) is 28.6. The maximum atomic E-state index is 13.8. The number of hydrogen-bond acceptors (Lipinski definition) is 5. The van der Waals surface area contributed by atoms with Gasteiger partial charge in [-0.1, -0.05) is 41.4 Å². The number of carbonyl (C=O) groups excluding carboxylic acids is 2. The van der Waals surface area contributed by atoms with Crippen molar-refractivity contribution in [1.82, 2.24) is 10.2 Å². The Morgan fingerprint density at radius 2 is 1.68 bits per heavy atom. The van der Waals surface area contributed by atoms with Gasteiger partial charge < -0.3 is 10.2 Å². The number of hydrogen-bond donors (Lipinski definition) is 1. The largest absolute Gasteiger partial charge is 0.357 e. The Morgan fingerprint density at radius 1 is 1.03 bits per heavy atom. The summed E-state index contributed by atoms with van der Waals surface area (Å²) in [6.07, 6.45) is 1.91. The second-order valence-corrected chi connectivity index (χ2v) is 11.6. The molecule has 3 rings (SSSR count). The van der Waals surface area contributed by atoms with E-state index < -0.39 is 28.5 Å². The molecular formula is C27H30ClN3O4S2. The zero-order chi connectivity index (χ0) is 27.2. The normalized spacial score (nSPS) is 12.0. The molecule has 10 heteroatoms. The van der Waals surface area contributed by atoms with Crippen LogP contribution >= 0.6 is 23.4 Å². The molecule has 0 aliphatic rings. The van der Waals surface area contributed by atoms with Gasteiger partial charge in [0.1, 0.15) is 12.6 Å². The number of carbonyl (C=O) groups is 2. The van der Waals surface area contributed by atoms with Gasteiger partial charge in [0.2, 0.25) is 11.8 Å². The van der Waals surface area contributed by atoms with Crippen LogP contribution < -0.4 is 9.62 Å². The highest BCUT2D eigenvalue weighted by molar-refractivity contribution is 7.98. The Morgan fingerprint density at radius 3 is 2.24 bits per heavy atom. The Bertz CT molecular complexity index is 1350. The van der Waals surface area contributed by atoms with Crippen molar-refractivity contribution in [3.8, 4) is 0 Å². The molecule has 0 spiro atoms. The maximum absolute atomic E-state index is 13.8. The minimum absolute atomic E-state index is 0.0689. The van der Waals surface area contributed by atoms with Crippen molar-refractivity contribution in [2.45, 2.75) is 36.2 Å². The fourth-order valence-corrected chi connectivity index (χ4v) is 5.77. The molecule has 2 amide bonds. The van der Waals surface area contributed by atoms with Gasteiger partial charge in [-0.05, 0) is 74.2 Å². The highest BCUT2D eigenvalue weighted by Crippen LogP contribution is 2.26. The molecule has 0 bridgehead atoms. The molecule has 3 aromatic carbocycles. The van der Waals surface area contributed by atoms with Crippen LogP contribution in [0.4, 0.5) is 5.69 Å². The average molecular weight is 560 g/mol. The van der Waals surface area contributed by atoms with Gasteiger partial charge in [-0.3, -0.25) is 13.9 Å². The summed E-state index contributed by atoms with van der Waals surface area (Å²) in [5, 5.41) is 3.06. The summed E-state index contributed by atoms with van der Waals surface area (Å²) in [5.74, 6) is -0.895. The predicted molar refractivity (Wildman–Crippen MR) is 149 cm³/mol. The van der Waals surface area contributed by atoms with Crippen LogP contribution in [0.3, 0.4) is 0 Å². The number of halogens is 1. The Kier molecular flexibility index (Phi) is 9.64. The number of nitrogens with zero attached hydrogens (tertiary/aromatic N) is 2. The highest BCUT2D eigenvalue weighted by Gasteiger charge is 2.32. The predicted octanol–water partition coefficient (Wildman–Crippen LogP) is 4.73. The van der Waals surface area contributed by atoms with E-state index in [-0.39, 0.29) is 17.3 Å². The third kappa shape index (κ3) is 7.06. The topological polar surface area (TPSA) is 86.8 Å². The van der Waals surface area contributed by atoms with Gasteiger partial charge in [0.25, 0.3) is 10.0 Å². The summed E-state index contributed by atoms with van der Waals surface area (Å²) < 4.78 is 28.7. The number of sulfonamides is 1. The Hall–Kier alpha value is -3.01. The van der Waals surface area contributed by atoms with Crippen molar-refractivity contribution in [2.24, 2.45) is 0 Å². The molecule has 0 saturated heterocycles. The first-order valence-corrected chi connectivity index (χ1v) is 14.6. The molecular weight excluding hydrogens is 530 g/mol. The molecule has 1 atom stereocenters. The van der Waals surface area contributed by atoms with Crippen molar-refractivity contribution >= 4 is 50.9 Å².